The largest absolute Gasteiger partial charge is 0.453 e. The van der Waals surface area contributed by atoms with E-state index >= 15 is 0 Å². The third-order valence-corrected chi connectivity index (χ3v) is 8.05. The van der Waals surface area contributed by atoms with Crippen LogP contribution in [0.5, 0.6) is 0 Å². The van der Waals surface area contributed by atoms with Crippen LogP contribution >= 0.6 is 46.7 Å². The van der Waals surface area contributed by atoms with Gasteiger partial charge >= 0.3 is 5.97 Å². The Morgan fingerprint density at radius 3 is 2.92 bits per heavy atom. The maximum Gasteiger partial charge on any atom is 0.331 e. The fourth-order valence-electron chi connectivity index (χ4n) is 2.55. The standard InChI is InChI=1S/C18H17Cl2NO2S2/c19-15-12-13(7-9-21-15)5-6-16(22)23-14-4-1-2-8-18(14,20)17-24-10-3-11-25-17/h1-2,4-9,12,14,17H,3,10-11H2/b6-5+. The summed E-state index contributed by atoms with van der Waals surface area (Å²) in [6, 6.07) is 3.44. The maximum absolute atomic E-state index is 12.3. The van der Waals surface area contributed by atoms with Crippen LogP contribution < -0.4 is 0 Å². The Hall–Kier alpha value is -0.880. The predicted molar refractivity (Wildman–Crippen MR) is 108 cm³/mol. The van der Waals surface area contributed by atoms with Gasteiger partial charge in [-0.1, -0.05) is 29.8 Å². The van der Waals surface area contributed by atoms with E-state index in [-0.39, 0.29) is 4.58 Å². The van der Waals surface area contributed by atoms with E-state index in [1.54, 1.807) is 24.4 Å². The molecular formula is C18H17Cl2NO2S2. The normalized spacial score (nSPS) is 26.9. The van der Waals surface area contributed by atoms with E-state index in [1.807, 2.05) is 47.8 Å². The van der Waals surface area contributed by atoms with Crippen molar-refractivity contribution in [3.8, 4) is 0 Å². The maximum atomic E-state index is 12.3. The number of hydrogen-bond donors (Lipinski definition) is 0. The first kappa shape index (κ1) is 18.9. The number of ether oxygens (including phenoxy) is 1. The molecule has 1 fully saturated rings. The van der Waals surface area contributed by atoms with E-state index in [0.29, 0.717) is 5.15 Å². The van der Waals surface area contributed by atoms with Crippen molar-refractivity contribution in [2.45, 2.75) is 22.0 Å². The monoisotopic (exact) mass is 413 g/mol. The summed E-state index contributed by atoms with van der Waals surface area (Å²) in [5.74, 6) is 1.72. The second-order valence-electron chi connectivity index (χ2n) is 5.60. The molecule has 0 N–H and O–H groups in total. The first-order valence-electron chi connectivity index (χ1n) is 7.86. The van der Waals surface area contributed by atoms with E-state index in [2.05, 4.69) is 4.98 Å². The van der Waals surface area contributed by atoms with Gasteiger partial charge < -0.3 is 4.74 Å². The molecule has 2 unspecified atom stereocenters. The summed E-state index contributed by atoms with van der Waals surface area (Å²) in [6.45, 7) is 0. The lowest BCUT2D eigenvalue weighted by molar-refractivity contribution is -0.141. The lowest BCUT2D eigenvalue weighted by atomic mass is 9.98. The van der Waals surface area contributed by atoms with Gasteiger partial charge in [0.2, 0.25) is 0 Å². The van der Waals surface area contributed by atoms with Crippen molar-refractivity contribution in [1.82, 2.24) is 4.98 Å². The van der Waals surface area contributed by atoms with Crippen LogP contribution in [0.25, 0.3) is 6.08 Å². The summed E-state index contributed by atoms with van der Waals surface area (Å²) in [6.07, 6.45) is 12.9. The van der Waals surface area contributed by atoms with Gasteiger partial charge in [0, 0.05) is 12.3 Å². The van der Waals surface area contributed by atoms with Gasteiger partial charge in [0.1, 0.15) is 16.1 Å². The average Bonchev–Trinajstić information content (AvgIpc) is 2.63. The van der Waals surface area contributed by atoms with Crippen molar-refractivity contribution in [2.75, 3.05) is 11.5 Å². The van der Waals surface area contributed by atoms with Gasteiger partial charge in [-0.2, -0.15) is 0 Å². The van der Waals surface area contributed by atoms with E-state index in [0.717, 1.165) is 17.1 Å². The summed E-state index contributed by atoms with van der Waals surface area (Å²) in [4.78, 5) is 15.4. The zero-order valence-corrected chi connectivity index (χ0v) is 16.5. The van der Waals surface area contributed by atoms with E-state index < -0.39 is 16.9 Å². The Morgan fingerprint density at radius 2 is 2.16 bits per heavy atom. The fraction of sp³-hybridized carbons (Fsp3) is 0.333. The number of aromatic nitrogens is 1. The number of carbonyl (C=O) groups excluding carboxylic acids is 1. The lowest BCUT2D eigenvalue weighted by Gasteiger charge is -2.39. The number of pyridine rings is 1. The molecule has 3 rings (SSSR count). The van der Waals surface area contributed by atoms with Crippen LogP contribution in [0.3, 0.4) is 0 Å². The molecule has 1 aliphatic heterocycles. The third kappa shape index (κ3) is 4.85. The van der Waals surface area contributed by atoms with E-state index in [4.69, 9.17) is 27.9 Å². The second-order valence-corrected chi connectivity index (χ2v) is 9.37. The molecule has 2 aliphatic rings. The smallest absolute Gasteiger partial charge is 0.331 e. The number of carbonyl (C=O) groups is 1. The van der Waals surface area contributed by atoms with Gasteiger partial charge in [-0.05, 0) is 47.8 Å². The Bertz CT molecular complexity index is 717. The first-order chi connectivity index (χ1) is 12.1. The molecule has 1 aromatic rings. The number of rotatable bonds is 4. The third-order valence-electron chi connectivity index (χ3n) is 3.78. The number of hydrogen-bond acceptors (Lipinski definition) is 5. The molecule has 132 valence electrons. The van der Waals surface area contributed by atoms with E-state index in [9.17, 15) is 4.79 Å². The number of allylic oxidation sites excluding steroid dienone is 2. The number of thioether (sulfide) groups is 2. The Morgan fingerprint density at radius 1 is 1.36 bits per heavy atom. The topological polar surface area (TPSA) is 39.2 Å². The number of esters is 1. The Balaban J connectivity index is 1.68. The Kier molecular flexibility index (Phi) is 6.55. The molecule has 0 radical (unpaired) electrons. The molecule has 1 aromatic heterocycles. The molecule has 0 aromatic carbocycles. The zero-order chi connectivity index (χ0) is 17.7. The summed E-state index contributed by atoms with van der Waals surface area (Å²) < 4.78 is 5.80. The van der Waals surface area contributed by atoms with E-state index in [1.165, 1.54) is 12.5 Å². The molecule has 7 heteroatoms. The molecule has 3 nitrogen and oxygen atoms in total. The van der Waals surface area contributed by atoms with Crippen molar-refractivity contribution in [3.63, 3.8) is 0 Å². The van der Waals surface area contributed by atoms with Crippen LogP contribution in [-0.2, 0) is 9.53 Å². The highest BCUT2D eigenvalue weighted by Crippen LogP contribution is 2.46. The predicted octanol–water partition coefficient (Wildman–Crippen LogP) is 4.96. The van der Waals surface area contributed by atoms with Crippen LogP contribution in [0, 0.1) is 0 Å². The first-order valence-corrected chi connectivity index (χ1v) is 10.7. The zero-order valence-electron chi connectivity index (χ0n) is 13.3. The molecule has 25 heavy (non-hydrogen) atoms. The van der Waals surface area contributed by atoms with Gasteiger partial charge in [0.05, 0.1) is 4.58 Å². The van der Waals surface area contributed by atoms with Crippen molar-refractivity contribution >= 4 is 58.8 Å². The minimum Gasteiger partial charge on any atom is -0.453 e. The van der Waals surface area contributed by atoms with Crippen molar-refractivity contribution in [1.29, 1.82) is 0 Å². The molecule has 2 heterocycles. The minimum atomic E-state index is -0.728. The number of halogens is 2. The summed E-state index contributed by atoms with van der Waals surface area (Å²) >= 11 is 16.4. The Labute approximate surface area is 165 Å². The minimum absolute atomic E-state index is 0.157. The number of alkyl halides is 1. The molecule has 1 saturated heterocycles. The lowest BCUT2D eigenvalue weighted by Crippen LogP contribution is -2.46. The molecule has 0 saturated carbocycles. The van der Waals surface area contributed by atoms with Crippen LogP contribution in [0.15, 0.2) is 48.7 Å². The van der Waals surface area contributed by atoms with Gasteiger partial charge in [-0.25, -0.2) is 9.78 Å². The van der Waals surface area contributed by atoms with Crippen molar-refractivity contribution < 1.29 is 9.53 Å². The van der Waals surface area contributed by atoms with Gasteiger partial charge in [0.15, 0.2) is 0 Å². The molecular weight excluding hydrogens is 397 g/mol. The SMILES string of the molecule is O=C(/C=C/c1ccnc(Cl)c1)OC1C=CC=CC1(Cl)C1SCCCS1. The molecule has 0 spiro atoms. The molecule has 1 aliphatic carbocycles. The molecule has 0 amide bonds. The van der Waals surface area contributed by atoms with Crippen molar-refractivity contribution in [2.24, 2.45) is 0 Å². The second kappa shape index (κ2) is 8.67. The summed E-state index contributed by atoms with van der Waals surface area (Å²) in [5.41, 5.74) is 0.784. The highest BCUT2D eigenvalue weighted by Gasteiger charge is 2.45. The summed E-state index contributed by atoms with van der Waals surface area (Å²) in [7, 11) is 0. The highest BCUT2D eigenvalue weighted by molar-refractivity contribution is 8.17. The van der Waals surface area contributed by atoms with Crippen LogP contribution in [-0.4, -0.2) is 38.0 Å². The van der Waals surface area contributed by atoms with Gasteiger partial charge in [0.25, 0.3) is 0 Å². The molecule has 2 atom stereocenters. The van der Waals surface area contributed by atoms with Crippen LogP contribution in [0.2, 0.25) is 5.15 Å². The average molecular weight is 414 g/mol. The summed E-state index contributed by atoms with van der Waals surface area (Å²) in [5, 5.41) is 0.377. The van der Waals surface area contributed by atoms with Crippen LogP contribution in [0.4, 0.5) is 0 Å². The molecule has 0 bridgehead atoms. The fourth-order valence-corrected chi connectivity index (χ4v) is 6.43. The van der Waals surface area contributed by atoms with Gasteiger partial charge in [-0.15, -0.1) is 35.1 Å². The highest BCUT2D eigenvalue weighted by atomic mass is 35.5. The quantitative estimate of drug-likeness (QED) is 0.301. The van der Waals surface area contributed by atoms with Crippen LogP contribution in [0.1, 0.15) is 12.0 Å². The van der Waals surface area contributed by atoms with Gasteiger partial charge in [-0.3, -0.25) is 0 Å². The van der Waals surface area contributed by atoms with Crippen molar-refractivity contribution in [3.05, 3.63) is 59.4 Å². The number of nitrogens with zero attached hydrogens (tertiary/aromatic N) is 1.